The molecule has 2 N–H and O–H groups in total. The van der Waals surface area contributed by atoms with Crippen molar-refractivity contribution in [3.8, 4) is 5.69 Å². The molecule has 0 bridgehead atoms. The highest BCUT2D eigenvalue weighted by Crippen LogP contribution is 2.21. The summed E-state index contributed by atoms with van der Waals surface area (Å²) in [6, 6.07) is 7.98. The molecule has 72 valence electrons. The number of hydrogen-bond donors (Lipinski definition) is 1. The smallest absolute Gasteiger partial charge is 0.127 e. The molecule has 3 nitrogen and oxygen atoms in total. The van der Waals surface area contributed by atoms with Crippen LogP contribution in [0, 0.1) is 0 Å². The number of nitrogens with zero attached hydrogens (tertiary/aromatic N) is 2. The molecule has 1 aromatic carbocycles. The number of hydrogen-bond acceptors (Lipinski definition) is 2. The van der Waals surface area contributed by atoms with E-state index in [2.05, 4.69) is 20.9 Å². The second-order valence-electron chi connectivity index (χ2n) is 2.87. The summed E-state index contributed by atoms with van der Waals surface area (Å²) in [5.41, 5.74) is 6.64. The third kappa shape index (κ3) is 1.58. The zero-order valence-corrected chi connectivity index (χ0v) is 9.11. The van der Waals surface area contributed by atoms with Crippen molar-refractivity contribution in [1.29, 1.82) is 0 Å². The third-order valence-electron chi connectivity index (χ3n) is 2.01. The van der Waals surface area contributed by atoms with Crippen LogP contribution >= 0.6 is 15.9 Å². The van der Waals surface area contributed by atoms with Crippen molar-refractivity contribution in [3.63, 3.8) is 0 Å². The van der Waals surface area contributed by atoms with Gasteiger partial charge in [-0.15, -0.1) is 0 Å². The van der Waals surface area contributed by atoms with E-state index in [0.717, 1.165) is 16.0 Å². The van der Waals surface area contributed by atoms with Crippen LogP contribution in [0.3, 0.4) is 0 Å². The van der Waals surface area contributed by atoms with Crippen molar-refractivity contribution in [1.82, 2.24) is 9.55 Å². The Morgan fingerprint density at radius 1 is 1.36 bits per heavy atom. The van der Waals surface area contributed by atoms with Gasteiger partial charge in [-0.3, -0.25) is 0 Å². The van der Waals surface area contributed by atoms with Crippen molar-refractivity contribution in [2.45, 2.75) is 6.54 Å². The molecular weight excluding hydrogens is 242 g/mol. The van der Waals surface area contributed by atoms with E-state index in [0.29, 0.717) is 6.54 Å². The molecule has 0 aliphatic rings. The highest BCUT2D eigenvalue weighted by molar-refractivity contribution is 9.10. The highest BCUT2D eigenvalue weighted by Gasteiger charge is 2.05. The van der Waals surface area contributed by atoms with Crippen molar-refractivity contribution >= 4 is 15.9 Å². The van der Waals surface area contributed by atoms with Gasteiger partial charge in [-0.1, -0.05) is 12.1 Å². The topological polar surface area (TPSA) is 43.8 Å². The van der Waals surface area contributed by atoms with E-state index in [9.17, 15) is 0 Å². The monoisotopic (exact) mass is 251 g/mol. The lowest BCUT2D eigenvalue weighted by Crippen LogP contribution is -2.06. The molecule has 0 aliphatic carbocycles. The molecule has 0 amide bonds. The van der Waals surface area contributed by atoms with Gasteiger partial charge in [0.2, 0.25) is 0 Å². The summed E-state index contributed by atoms with van der Waals surface area (Å²) in [7, 11) is 0. The van der Waals surface area contributed by atoms with Gasteiger partial charge in [0.25, 0.3) is 0 Å². The molecule has 0 aliphatic heterocycles. The van der Waals surface area contributed by atoms with Gasteiger partial charge < -0.3 is 10.3 Å². The van der Waals surface area contributed by atoms with Gasteiger partial charge in [0, 0.05) is 16.9 Å². The molecule has 0 saturated heterocycles. The number of benzene rings is 1. The Morgan fingerprint density at radius 3 is 2.86 bits per heavy atom. The summed E-state index contributed by atoms with van der Waals surface area (Å²) in [5.74, 6) is 0.858. The van der Waals surface area contributed by atoms with Crippen molar-refractivity contribution in [3.05, 3.63) is 47.0 Å². The highest BCUT2D eigenvalue weighted by atomic mass is 79.9. The molecule has 0 fully saturated rings. The van der Waals surface area contributed by atoms with Crippen LogP contribution < -0.4 is 5.73 Å². The molecule has 4 heteroatoms. The lowest BCUT2D eigenvalue weighted by molar-refractivity contribution is 0.865. The first-order chi connectivity index (χ1) is 6.83. The predicted molar refractivity (Wildman–Crippen MR) is 59.2 cm³/mol. The van der Waals surface area contributed by atoms with Gasteiger partial charge in [0.15, 0.2) is 0 Å². The van der Waals surface area contributed by atoms with Crippen LogP contribution in [0.5, 0.6) is 0 Å². The molecule has 0 saturated carbocycles. The Labute approximate surface area is 90.7 Å². The predicted octanol–water partition coefficient (Wildman–Crippen LogP) is 2.09. The zero-order valence-electron chi connectivity index (χ0n) is 7.52. The quantitative estimate of drug-likeness (QED) is 0.889. The summed E-state index contributed by atoms with van der Waals surface area (Å²) in [6.45, 7) is 0.439. The van der Waals surface area contributed by atoms with Crippen LogP contribution in [0.1, 0.15) is 5.82 Å². The molecular formula is C10H10BrN3. The largest absolute Gasteiger partial charge is 0.324 e. The maximum Gasteiger partial charge on any atom is 0.127 e. The van der Waals surface area contributed by atoms with Crippen LogP contribution in [0.4, 0.5) is 0 Å². The number of halogens is 1. The lowest BCUT2D eigenvalue weighted by Gasteiger charge is -2.07. The maximum atomic E-state index is 5.58. The van der Waals surface area contributed by atoms with Gasteiger partial charge in [-0.2, -0.15) is 0 Å². The van der Waals surface area contributed by atoms with Gasteiger partial charge in [0.1, 0.15) is 5.82 Å². The maximum absolute atomic E-state index is 5.58. The number of imidazole rings is 1. The molecule has 1 aromatic heterocycles. The fourth-order valence-corrected chi connectivity index (χ4v) is 1.83. The molecule has 0 atom stereocenters. The summed E-state index contributed by atoms with van der Waals surface area (Å²) in [6.07, 6.45) is 3.66. The van der Waals surface area contributed by atoms with Gasteiger partial charge in [-0.25, -0.2) is 4.98 Å². The second kappa shape index (κ2) is 3.94. The Hall–Kier alpha value is -1.13. The Balaban J connectivity index is 2.54. The van der Waals surface area contributed by atoms with Crippen LogP contribution in [0.2, 0.25) is 0 Å². The molecule has 1 heterocycles. The first-order valence-corrected chi connectivity index (χ1v) is 5.09. The van der Waals surface area contributed by atoms with Gasteiger partial charge >= 0.3 is 0 Å². The first kappa shape index (κ1) is 9.43. The van der Waals surface area contributed by atoms with E-state index in [4.69, 9.17) is 5.73 Å². The number of aromatic nitrogens is 2. The lowest BCUT2D eigenvalue weighted by atomic mass is 10.3. The van der Waals surface area contributed by atoms with E-state index >= 15 is 0 Å². The summed E-state index contributed by atoms with van der Waals surface area (Å²) in [4.78, 5) is 4.17. The van der Waals surface area contributed by atoms with E-state index in [1.54, 1.807) is 6.20 Å². The number of para-hydroxylation sites is 1. The third-order valence-corrected chi connectivity index (χ3v) is 2.68. The average Bonchev–Trinajstić information content (AvgIpc) is 2.66. The first-order valence-electron chi connectivity index (χ1n) is 4.30. The molecule has 0 unspecified atom stereocenters. The normalized spacial score (nSPS) is 10.4. The number of nitrogens with two attached hydrogens (primary N) is 1. The summed E-state index contributed by atoms with van der Waals surface area (Å²) < 4.78 is 3.01. The molecule has 0 radical (unpaired) electrons. The van der Waals surface area contributed by atoms with E-state index in [1.807, 2.05) is 35.0 Å². The van der Waals surface area contributed by atoms with Crippen LogP contribution in [0.15, 0.2) is 41.1 Å². The van der Waals surface area contributed by atoms with Crippen molar-refractivity contribution in [2.75, 3.05) is 0 Å². The Morgan fingerprint density at radius 2 is 2.14 bits per heavy atom. The van der Waals surface area contributed by atoms with Gasteiger partial charge in [-0.05, 0) is 28.1 Å². The summed E-state index contributed by atoms with van der Waals surface area (Å²) in [5, 5.41) is 0. The standard InChI is InChI=1S/C10H10BrN3/c11-8-3-1-2-4-9(8)14-6-5-13-10(14)7-12/h1-6H,7,12H2. The fourth-order valence-electron chi connectivity index (χ4n) is 1.35. The minimum Gasteiger partial charge on any atom is -0.324 e. The van der Waals surface area contributed by atoms with Crippen molar-refractivity contribution in [2.24, 2.45) is 5.73 Å². The van der Waals surface area contributed by atoms with Crippen LogP contribution in [0.25, 0.3) is 5.69 Å². The Bertz CT molecular complexity index is 436. The zero-order chi connectivity index (χ0) is 9.97. The Kier molecular flexibility index (Phi) is 2.65. The van der Waals surface area contributed by atoms with E-state index in [-0.39, 0.29) is 0 Å². The minimum absolute atomic E-state index is 0.439. The fraction of sp³-hybridized carbons (Fsp3) is 0.100. The minimum atomic E-state index is 0.439. The molecule has 0 spiro atoms. The summed E-state index contributed by atoms with van der Waals surface area (Å²) >= 11 is 3.49. The average molecular weight is 252 g/mol. The SMILES string of the molecule is NCc1nccn1-c1ccccc1Br. The van der Waals surface area contributed by atoms with Crippen LogP contribution in [-0.4, -0.2) is 9.55 Å². The second-order valence-corrected chi connectivity index (χ2v) is 3.72. The number of rotatable bonds is 2. The van der Waals surface area contributed by atoms with E-state index in [1.165, 1.54) is 0 Å². The van der Waals surface area contributed by atoms with Gasteiger partial charge in [0.05, 0.1) is 12.2 Å². The van der Waals surface area contributed by atoms with Crippen molar-refractivity contribution < 1.29 is 0 Å². The molecule has 14 heavy (non-hydrogen) atoms. The molecule has 2 aromatic rings. The van der Waals surface area contributed by atoms with E-state index < -0.39 is 0 Å². The van der Waals surface area contributed by atoms with Crippen LogP contribution in [-0.2, 0) is 6.54 Å². The molecule has 2 rings (SSSR count).